The number of carbonyl (C=O) groups is 1. The van der Waals surface area contributed by atoms with Crippen LogP contribution in [0.4, 0.5) is 0 Å². The molecule has 0 heterocycles. The normalized spacial score (nSPS) is 13.1. The first kappa shape index (κ1) is 15.7. The molecule has 2 nitrogen and oxygen atoms in total. The maximum Gasteiger partial charge on any atom is 0.240 e. The molecule has 0 aliphatic heterocycles. The highest BCUT2D eigenvalue weighted by atomic mass is 28.3. The van der Waals surface area contributed by atoms with Gasteiger partial charge in [0.1, 0.15) is 12.4 Å². The molecule has 0 aliphatic rings. The first-order valence-corrected chi connectivity index (χ1v) is 8.85. The quantitative estimate of drug-likeness (QED) is 0.624. The Hall–Kier alpha value is -1.71. The maximum absolute atomic E-state index is 11.4. The van der Waals surface area contributed by atoms with E-state index in [0.29, 0.717) is 0 Å². The molecule has 2 aromatic rings. The van der Waals surface area contributed by atoms with Crippen LogP contribution in [0.1, 0.15) is 20.8 Å². The van der Waals surface area contributed by atoms with E-state index in [1.165, 1.54) is 10.4 Å². The Labute approximate surface area is 128 Å². The summed E-state index contributed by atoms with van der Waals surface area (Å²) < 4.78 is 6.31. The molecule has 0 fully saturated rings. The number of carbonyl (C=O) groups excluding carboxylic acids is 1. The summed E-state index contributed by atoms with van der Waals surface area (Å²) in [6.45, 7) is 6.11. The van der Waals surface area contributed by atoms with Crippen LogP contribution in [0.25, 0.3) is 0 Å². The van der Waals surface area contributed by atoms with Crippen LogP contribution in [-0.2, 0) is 9.22 Å². The summed E-state index contributed by atoms with van der Waals surface area (Å²) in [4.78, 5) is 11.4. The van der Waals surface area contributed by atoms with Gasteiger partial charge in [-0.2, -0.15) is 0 Å². The van der Waals surface area contributed by atoms with Crippen molar-refractivity contribution in [3.8, 4) is 0 Å². The molecule has 3 heteroatoms. The molecule has 110 valence electrons. The summed E-state index contributed by atoms with van der Waals surface area (Å²) in [5, 5.41) is 2.39. The van der Waals surface area contributed by atoms with Crippen molar-refractivity contribution in [1.82, 2.24) is 0 Å². The summed E-state index contributed by atoms with van der Waals surface area (Å²) in [6, 6.07) is 20.5. The van der Waals surface area contributed by atoms with Gasteiger partial charge < -0.3 is 9.22 Å². The minimum Gasteiger partial charge on any atom is -0.401 e. The Kier molecular flexibility index (Phi) is 5.10. The molecule has 0 radical (unpaired) electrons. The Bertz CT molecular complexity index is 521. The van der Waals surface area contributed by atoms with E-state index in [1.807, 2.05) is 57.2 Å². The van der Waals surface area contributed by atoms with E-state index in [9.17, 15) is 4.79 Å². The molecule has 0 aromatic heterocycles. The van der Waals surface area contributed by atoms with Crippen LogP contribution >= 0.6 is 0 Å². The predicted molar refractivity (Wildman–Crippen MR) is 89.7 cm³/mol. The van der Waals surface area contributed by atoms with Gasteiger partial charge in [0, 0.05) is 0 Å². The zero-order valence-electron chi connectivity index (χ0n) is 12.8. The third-order valence-corrected chi connectivity index (χ3v) is 6.01. The van der Waals surface area contributed by atoms with Crippen LogP contribution in [-0.4, -0.2) is 21.4 Å². The second kappa shape index (κ2) is 6.83. The molecule has 0 saturated heterocycles. The summed E-state index contributed by atoms with van der Waals surface area (Å²) in [6.07, 6.45) is 0.542. The molecular formula is C18H22O2Si. The van der Waals surface area contributed by atoms with Crippen LogP contribution in [0.3, 0.4) is 0 Å². The van der Waals surface area contributed by atoms with Gasteiger partial charge in [0.2, 0.25) is 9.04 Å². The average molecular weight is 298 g/mol. The van der Waals surface area contributed by atoms with E-state index in [2.05, 4.69) is 24.3 Å². The summed E-state index contributed by atoms with van der Waals surface area (Å²) in [7, 11) is -1.86. The SMILES string of the molecule is CC(C)(C)C(C=O)O[SiH](c1ccccc1)c1ccccc1. The van der Waals surface area contributed by atoms with Gasteiger partial charge in [-0.25, -0.2) is 0 Å². The molecule has 0 amide bonds. The Balaban J connectivity index is 2.36. The van der Waals surface area contributed by atoms with Gasteiger partial charge in [-0.05, 0) is 15.8 Å². The Morgan fingerprint density at radius 1 is 0.905 bits per heavy atom. The average Bonchev–Trinajstić information content (AvgIpc) is 2.49. The van der Waals surface area contributed by atoms with Gasteiger partial charge >= 0.3 is 0 Å². The highest BCUT2D eigenvalue weighted by Crippen LogP contribution is 2.21. The van der Waals surface area contributed by atoms with Crippen molar-refractivity contribution in [2.75, 3.05) is 0 Å². The highest BCUT2D eigenvalue weighted by molar-refractivity contribution is 6.80. The van der Waals surface area contributed by atoms with Gasteiger partial charge in [-0.3, -0.25) is 0 Å². The minimum atomic E-state index is -1.86. The standard InChI is InChI=1S/C18H22O2Si/c1-18(2,3)17(14-19)20-21(15-10-6-4-7-11-15)16-12-8-5-9-13-16/h4-14,17,21H,1-3H3. The molecule has 2 aromatic carbocycles. The minimum absolute atomic E-state index is 0.198. The number of aldehydes is 1. The topological polar surface area (TPSA) is 26.3 Å². The smallest absolute Gasteiger partial charge is 0.240 e. The molecule has 0 N–H and O–H groups in total. The van der Waals surface area contributed by atoms with Crippen LogP contribution in [0.15, 0.2) is 60.7 Å². The van der Waals surface area contributed by atoms with E-state index in [1.54, 1.807) is 0 Å². The molecular weight excluding hydrogens is 276 g/mol. The number of benzene rings is 2. The van der Waals surface area contributed by atoms with Crippen LogP contribution in [0.2, 0.25) is 0 Å². The van der Waals surface area contributed by atoms with Gasteiger partial charge in [0.05, 0.1) is 0 Å². The van der Waals surface area contributed by atoms with Crippen molar-refractivity contribution in [3.63, 3.8) is 0 Å². The van der Waals surface area contributed by atoms with Gasteiger partial charge in [-0.15, -0.1) is 0 Å². The van der Waals surface area contributed by atoms with E-state index in [-0.39, 0.29) is 5.41 Å². The molecule has 1 atom stereocenters. The van der Waals surface area contributed by atoms with Gasteiger partial charge in [-0.1, -0.05) is 81.4 Å². The molecule has 0 saturated carbocycles. The lowest BCUT2D eigenvalue weighted by Crippen LogP contribution is -2.50. The van der Waals surface area contributed by atoms with Crippen molar-refractivity contribution in [2.24, 2.45) is 5.41 Å². The first-order chi connectivity index (χ1) is 10.0. The summed E-state index contributed by atoms with van der Waals surface area (Å²) in [5.74, 6) is 0. The zero-order chi connectivity index (χ0) is 15.3. The van der Waals surface area contributed by atoms with Crippen molar-refractivity contribution >= 4 is 25.7 Å². The lowest BCUT2D eigenvalue weighted by molar-refractivity contribution is -0.117. The third kappa shape index (κ3) is 4.13. The molecule has 0 aliphatic carbocycles. The second-order valence-electron chi connectivity index (χ2n) is 6.26. The molecule has 0 spiro atoms. The first-order valence-electron chi connectivity index (χ1n) is 7.23. The van der Waals surface area contributed by atoms with E-state index in [0.717, 1.165) is 6.29 Å². The highest BCUT2D eigenvalue weighted by Gasteiger charge is 2.30. The fourth-order valence-electron chi connectivity index (χ4n) is 2.19. The summed E-state index contributed by atoms with van der Waals surface area (Å²) >= 11 is 0. The molecule has 0 bridgehead atoms. The van der Waals surface area contributed by atoms with Crippen LogP contribution < -0.4 is 10.4 Å². The predicted octanol–water partition coefficient (Wildman–Crippen LogP) is 2.15. The molecule has 21 heavy (non-hydrogen) atoms. The Morgan fingerprint density at radius 2 is 1.33 bits per heavy atom. The monoisotopic (exact) mass is 298 g/mol. The van der Waals surface area contributed by atoms with Crippen molar-refractivity contribution in [2.45, 2.75) is 26.9 Å². The zero-order valence-corrected chi connectivity index (χ0v) is 14.0. The van der Waals surface area contributed by atoms with Crippen molar-refractivity contribution in [3.05, 3.63) is 60.7 Å². The lowest BCUT2D eigenvalue weighted by Gasteiger charge is -2.30. The largest absolute Gasteiger partial charge is 0.401 e. The van der Waals surface area contributed by atoms with Crippen LogP contribution in [0.5, 0.6) is 0 Å². The Morgan fingerprint density at radius 3 is 1.67 bits per heavy atom. The fraction of sp³-hybridized carbons (Fsp3) is 0.278. The number of rotatable bonds is 5. The van der Waals surface area contributed by atoms with Gasteiger partial charge in [0.25, 0.3) is 0 Å². The second-order valence-corrected chi connectivity index (χ2v) is 8.63. The van der Waals surface area contributed by atoms with E-state index < -0.39 is 15.1 Å². The number of hydrogen-bond acceptors (Lipinski definition) is 2. The molecule has 1 unspecified atom stereocenters. The van der Waals surface area contributed by atoms with Gasteiger partial charge in [0.15, 0.2) is 0 Å². The maximum atomic E-state index is 11.4. The number of hydrogen-bond donors (Lipinski definition) is 0. The van der Waals surface area contributed by atoms with Crippen molar-refractivity contribution < 1.29 is 9.22 Å². The van der Waals surface area contributed by atoms with E-state index >= 15 is 0 Å². The molecule has 2 rings (SSSR count). The van der Waals surface area contributed by atoms with Crippen LogP contribution in [0, 0.1) is 5.41 Å². The van der Waals surface area contributed by atoms with E-state index in [4.69, 9.17) is 4.43 Å². The summed E-state index contributed by atoms with van der Waals surface area (Å²) in [5.41, 5.74) is -0.198. The van der Waals surface area contributed by atoms with Crippen molar-refractivity contribution in [1.29, 1.82) is 0 Å². The third-order valence-electron chi connectivity index (χ3n) is 3.46. The fourth-order valence-corrected chi connectivity index (χ4v) is 4.80. The lowest BCUT2D eigenvalue weighted by atomic mass is 9.90.